The predicted octanol–water partition coefficient (Wildman–Crippen LogP) is 2.83. The quantitative estimate of drug-likeness (QED) is 0.834. The zero-order valence-electron chi connectivity index (χ0n) is 10.1. The molecule has 0 N–H and O–H groups in total. The second kappa shape index (κ2) is 4.74. The molecule has 0 spiro atoms. The summed E-state index contributed by atoms with van der Waals surface area (Å²) < 4.78 is 10.5. The van der Waals surface area contributed by atoms with Crippen LogP contribution in [0.15, 0.2) is 21.1 Å². The highest BCUT2D eigenvalue weighted by Crippen LogP contribution is 2.38. The molecule has 6 heteroatoms. The van der Waals surface area contributed by atoms with Gasteiger partial charge >= 0.3 is 0 Å². The van der Waals surface area contributed by atoms with Gasteiger partial charge in [0.2, 0.25) is 5.89 Å². The van der Waals surface area contributed by atoms with Crippen LogP contribution in [0.1, 0.15) is 36.2 Å². The van der Waals surface area contributed by atoms with Crippen molar-refractivity contribution in [2.75, 3.05) is 7.05 Å². The topological polar surface area (TPSA) is 55.3 Å². The Morgan fingerprint density at radius 1 is 1.39 bits per heavy atom. The molecule has 2 aromatic heterocycles. The van der Waals surface area contributed by atoms with Gasteiger partial charge in [-0.25, -0.2) is 0 Å². The summed E-state index contributed by atoms with van der Waals surface area (Å²) in [4.78, 5) is 6.44. The van der Waals surface area contributed by atoms with E-state index in [4.69, 9.17) is 20.5 Å². The fourth-order valence-corrected chi connectivity index (χ4v) is 1.99. The molecule has 2 aromatic rings. The van der Waals surface area contributed by atoms with E-state index in [0.717, 1.165) is 17.5 Å². The molecule has 1 aliphatic carbocycles. The summed E-state index contributed by atoms with van der Waals surface area (Å²) in [6.45, 7) is 1.30. The number of hydrogen-bond donors (Lipinski definition) is 0. The van der Waals surface area contributed by atoms with Crippen LogP contribution >= 0.6 is 11.6 Å². The SMILES string of the molecule is CN(Cc1noc(C2CC2)n1)Cc1ccc(Cl)o1. The third-order valence-electron chi connectivity index (χ3n) is 2.88. The third kappa shape index (κ3) is 2.73. The number of furan rings is 1. The smallest absolute Gasteiger partial charge is 0.229 e. The predicted molar refractivity (Wildman–Crippen MR) is 65.2 cm³/mol. The largest absolute Gasteiger partial charge is 0.448 e. The highest BCUT2D eigenvalue weighted by Gasteiger charge is 2.29. The Morgan fingerprint density at radius 3 is 2.89 bits per heavy atom. The van der Waals surface area contributed by atoms with E-state index in [9.17, 15) is 0 Å². The molecule has 0 amide bonds. The number of nitrogens with zero attached hydrogens (tertiary/aromatic N) is 3. The average Bonchev–Trinajstić information content (AvgIpc) is 2.95. The van der Waals surface area contributed by atoms with Crippen molar-refractivity contribution in [2.24, 2.45) is 0 Å². The van der Waals surface area contributed by atoms with Gasteiger partial charge in [0.15, 0.2) is 11.0 Å². The monoisotopic (exact) mass is 267 g/mol. The summed E-state index contributed by atoms with van der Waals surface area (Å²) in [5, 5.41) is 4.39. The standard InChI is InChI=1S/C12H14ClN3O2/c1-16(6-9-4-5-10(13)17-9)7-11-14-12(18-15-11)8-2-3-8/h4-5,8H,2-3,6-7H2,1H3. The van der Waals surface area contributed by atoms with Crippen molar-refractivity contribution in [2.45, 2.75) is 31.8 Å². The molecule has 3 rings (SSSR count). The summed E-state index contributed by atoms with van der Waals surface area (Å²) in [7, 11) is 1.98. The van der Waals surface area contributed by atoms with E-state index < -0.39 is 0 Å². The Balaban J connectivity index is 1.57. The first-order valence-corrected chi connectivity index (χ1v) is 6.34. The fraction of sp³-hybridized carbons (Fsp3) is 0.500. The van der Waals surface area contributed by atoms with E-state index in [0.29, 0.717) is 24.2 Å². The van der Waals surface area contributed by atoms with Crippen molar-refractivity contribution >= 4 is 11.6 Å². The molecule has 18 heavy (non-hydrogen) atoms. The lowest BCUT2D eigenvalue weighted by atomic mass is 10.4. The minimum Gasteiger partial charge on any atom is -0.448 e. The molecular formula is C12H14ClN3O2. The molecule has 0 bridgehead atoms. The molecule has 0 aromatic carbocycles. The molecule has 0 radical (unpaired) electrons. The number of rotatable bonds is 5. The second-order valence-electron chi connectivity index (χ2n) is 4.70. The average molecular weight is 268 g/mol. The van der Waals surface area contributed by atoms with Crippen LogP contribution in [0.2, 0.25) is 5.22 Å². The first kappa shape index (κ1) is 11.7. The van der Waals surface area contributed by atoms with Crippen LogP contribution in [0.25, 0.3) is 0 Å². The molecule has 1 fully saturated rings. The maximum absolute atomic E-state index is 5.72. The lowest BCUT2D eigenvalue weighted by Crippen LogP contribution is -2.17. The van der Waals surface area contributed by atoms with Crippen molar-refractivity contribution in [1.82, 2.24) is 15.0 Å². The Kier molecular flexibility index (Phi) is 3.09. The van der Waals surface area contributed by atoms with Crippen molar-refractivity contribution in [3.8, 4) is 0 Å². The molecule has 0 saturated heterocycles. The van der Waals surface area contributed by atoms with Gasteiger partial charge in [0.25, 0.3) is 0 Å². The Bertz CT molecular complexity index is 533. The maximum Gasteiger partial charge on any atom is 0.229 e. The fourth-order valence-electron chi connectivity index (χ4n) is 1.83. The summed E-state index contributed by atoms with van der Waals surface area (Å²) in [5.41, 5.74) is 0. The minimum absolute atomic E-state index is 0.411. The molecular weight excluding hydrogens is 254 g/mol. The number of hydrogen-bond acceptors (Lipinski definition) is 5. The molecule has 0 atom stereocenters. The van der Waals surface area contributed by atoms with Gasteiger partial charge in [0, 0.05) is 5.92 Å². The van der Waals surface area contributed by atoms with E-state index in [-0.39, 0.29) is 0 Å². The van der Waals surface area contributed by atoms with E-state index in [1.807, 2.05) is 13.1 Å². The summed E-state index contributed by atoms with van der Waals surface area (Å²) >= 11 is 5.72. The van der Waals surface area contributed by atoms with E-state index in [1.165, 1.54) is 12.8 Å². The number of aromatic nitrogens is 2. The lowest BCUT2D eigenvalue weighted by Gasteiger charge is -2.11. The van der Waals surface area contributed by atoms with Crippen molar-refractivity contribution in [3.63, 3.8) is 0 Å². The summed E-state index contributed by atoms with van der Waals surface area (Å²) in [6.07, 6.45) is 2.34. The minimum atomic E-state index is 0.411. The lowest BCUT2D eigenvalue weighted by molar-refractivity contribution is 0.275. The highest BCUT2D eigenvalue weighted by molar-refractivity contribution is 6.28. The normalized spacial score (nSPS) is 15.5. The van der Waals surface area contributed by atoms with Gasteiger partial charge < -0.3 is 8.94 Å². The Morgan fingerprint density at radius 2 is 2.22 bits per heavy atom. The van der Waals surface area contributed by atoms with E-state index in [1.54, 1.807) is 6.07 Å². The molecule has 0 aliphatic heterocycles. The van der Waals surface area contributed by atoms with E-state index in [2.05, 4.69) is 15.0 Å². The van der Waals surface area contributed by atoms with Gasteiger partial charge in [-0.2, -0.15) is 4.98 Å². The zero-order valence-corrected chi connectivity index (χ0v) is 10.9. The summed E-state index contributed by atoms with van der Waals surface area (Å²) in [5.74, 6) is 2.82. The Labute approximate surface area is 110 Å². The van der Waals surface area contributed by atoms with Crippen molar-refractivity contribution in [3.05, 3.63) is 34.8 Å². The van der Waals surface area contributed by atoms with Crippen molar-refractivity contribution < 1.29 is 8.94 Å². The van der Waals surface area contributed by atoms with Gasteiger partial charge in [0.05, 0.1) is 13.1 Å². The van der Waals surface area contributed by atoms with Gasteiger partial charge in [-0.15, -0.1) is 0 Å². The van der Waals surface area contributed by atoms with E-state index >= 15 is 0 Å². The molecule has 1 saturated carbocycles. The van der Waals surface area contributed by atoms with Crippen LogP contribution in [-0.2, 0) is 13.1 Å². The first-order chi connectivity index (χ1) is 8.70. The molecule has 2 heterocycles. The third-order valence-corrected chi connectivity index (χ3v) is 3.08. The first-order valence-electron chi connectivity index (χ1n) is 5.96. The van der Waals surface area contributed by atoms with Gasteiger partial charge in [-0.1, -0.05) is 5.16 Å². The van der Waals surface area contributed by atoms with Crippen LogP contribution in [0, 0.1) is 0 Å². The highest BCUT2D eigenvalue weighted by atomic mass is 35.5. The van der Waals surface area contributed by atoms with Crippen LogP contribution in [0.5, 0.6) is 0 Å². The van der Waals surface area contributed by atoms with Gasteiger partial charge in [-0.3, -0.25) is 4.90 Å². The Hall–Kier alpha value is -1.33. The molecule has 96 valence electrons. The zero-order chi connectivity index (χ0) is 12.5. The van der Waals surface area contributed by atoms with Crippen LogP contribution in [0.3, 0.4) is 0 Å². The van der Waals surface area contributed by atoms with Gasteiger partial charge in [0.1, 0.15) is 5.76 Å². The molecule has 0 unspecified atom stereocenters. The van der Waals surface area contributed by atoms with Crippen LogP contribution < -0.4 is 0 Å². The van der Waals surface area contributed by atoms with Crippen LogP contribution in [-0.4, -0.2) is 22.1 Å². The second-order valence-corrected chi connectivity index (χ2v) is 5.07. The molecule has 5 nitrogen and oxygen atoms in total. The molecule has 1 aliphatic rings. The van der Waals surface area contributed by atoms with Gasteiger partial charge in [-0.05, 0) is 43.6 Å². The number of halogens is 1. The maximum atomic E-state index is 5.72. The van der Waals surface area contributed by atoms with Crippen molar-refractivity contribution in [1.29, 1.82) is 0 Å². The van der Waals surface area contributed by atoms with Crippen LogP contribution in [0.4, 0.5) is 0 Å². The summed E-state index contributed by atoms with van der Waals surface area (Å²) in [6, 6.07) is 3.61.